The van der Waals surface area contributed by atoms with E-state index in [0.29, 0.717) is 11.0 Å². The first-order chi connectivity index (χ1) is 12.7. The van der Waals surface area contributed by atoms with Gasteiger partial charge in [-0.1, -0.05) is 29.8 Å². The van der Waals surface area contributed by atoms with E-state index in [-0.39, 0.29) is 0 Å². The SMILES string of the molecule is Cc1c(-c2ccnc(Nc3ccc(Cl)cc3)n2)cnn1-c1ccccc1. The summed E-state index contributed by atoms with van der Waals surface area (Å²) in [6, 6.07) is 19.3. The lowest BCUT2D eigenvalue weighted by molar-refractivity contribution is 0.847. The maximum Gasteiger partial charge on any atom is 0.227 e. The maximum absolute atomic E-state index is 5.92. The van der Waals surface area contributed by atoms with Gasteiger partial charge in [-0.2, -0.15) is 5.10 Å². The lowest BCUT2D eigenvalue weighted by atomic mass is 10.2. The van der Waals surface area contributed by atoms with E-state index in [1.54, 1.807) is 6.20 Å². The monoisotopic (exact) mass is 361 g/mol. The summed E-state index contributed by atoms with van der Waals surface area (Å²) in [6.07, 6.45) is 3.57. The molecule has 0 aliphatic rings. The molecule has 0 atom stereocenters. The Balaban J connectivity index is 1.65. The van der Waals surface area contributed by atoms with Crippen LogP contribution in [0.15, 0.2) is 73.1 Å². The number of aromatic nitrogens is 4. The molecule has 0 aliphatic carbocycles. The second-order valence-corrected chi connectivity index (χ2v) is 6.22. The van der Waals surface area contributed by atoms with Gasteiger partial charge in [0.05, 0.1) is 23.3 Å². The van der Waals surface area contributed by atoms with Crippen molar-refractivity contribution in [2.45, 2.75) is 6.92 Å². The number of nitrogens with zero attached hydrogens (tertiary/aromatic N) is 4. The summed E-state index contributed by atoms with van der Waals surface area (Å²) >= 11 is 5.92. The van der Waals surface area contributed by atoms with Gasteiger partial charge in [0.1, 0.15) is 0 Å². The predicted molar refractivity (Wildman–Crippen MR) is 104 cm³/mol. The molecular formula is C20H16ClN5. The number of anilines is 2. The van der Waals surface area contributed by atoms with Gasteiger partial charge in [-0.05, 0) is 49.4 Å². The molecule has 5 nitrogen and oxygen atoms in total. The highest BCUT2D eigenvalue weighted by Crippen LogP contribution is 2.24. The Labute approximate surface area is 156 Å². The molecule has 0 amide bonds. The molecule has 2 heterocycles. The fourth-order valence-electron chi connectivity index (χ4n) is 2.72. The zero-order valence-corrected chi connectivity index (χ0v) is 14.9. The number of benzene rings is 2. The van der Waals surface area contributed by atoms with Crippen molar-refractivity contribution in [1.29, 1.82) is 0 Å². The lowest BCUT2D eigenvalue weighted by Crippen LogP contribution is -2.00. The molecule has 2 aromatic carbocycles. The zero-order valence-electron chi connectivity index (χ0n) is 14.1. The third-order valence-corrected chi connectivity index (χ3v) is 4.29. The van der Waals surface area contributed by atoms with Gasteiger partial charge < -0.3 is 5.32 Å². The average Bonchev–Trinajstić information content (AvgIpc) is 3.06. The van der Waals surface area contributed by atoms with Crippen molar-refractivity contribution in [3.63, 3.8) is 0 Å². The van der Waals surface area contributed by atoms with E-state index < -0.39 is 0 Å². The minimum absolute atomic E-state index is 0.525. The standard InChI is InChI=1S/C20H16ClN5/c1-14-18(13-23-26(14)17-5-3-2-4-6-17)19-11-12-22-20(25-19)24-16-9-7-15(21)8-10-16/h2-13H,1H3,(H,22,24,25). The van der Waals surface area contributed by atoms with E-state index in [4.69, 9.17) is 11.6 Å². The molecule has 0 fully saturated rings. The van der Waals surface area contributed by atoms with E-state index in [1.165, 1.54) is 0 Å². The second-order valence-electron chi connectivity index (χ2n) is 5.79. The molecular weight excluding hydrogens is 346 g/mol. The number of para-hydroxylation sites is 1. The molecule has 0 spiro atoms. The van der Waals surface area contributed by atoms with E-state index in [9.17, 15) is 0 Å². The van der Waals surface area contributed by atoms with Gasteiger partial charge in [0.15, 0.2) is 0 Å². The normalized spacial score (nSPS) is 10.7. The van der Waals surface area contributed by atoms with Gasteiger partial charge >= 0.3 is 0 Å². The molecule has 4 rings (SSSR count). The molecule has 4 aromatic rings. The Hall–Kier alpha value is -3.18. The summed E-state index contributed by atoms with van der Waals surface area (Å²) in [7, 11) is 0. The van der Waals surface area contributed by atoms with Crippen LogP contribution in [0.1, 0.15) is 5.69 Å². The van der Waals surface area contributed by atoms with Crippen LogP contribution in [0.5, 0.6) is 0 Å². The van der Waals surface area contributed by atoms with E-state index in [2.05, 4.69) is 20.4 Å². The minimum Gasteiger partial charge on any atom is -0.324 e. The number of rotatable bonds is 4. The zero-order chi connectivity index (χ0) is 17.9. The van der Waals surface area contributed by atoms with Crippen LogP contribution < -0.4 is 5.32 Å². The molecule has 1 N–H and O–H groups in total. The van der Waals surface area contributed by atoms with Crippen LogP contribution in [0.3, 0.4) is 0 Å². The molecule has 2 aromatic heterocycles. The second kappa shape index (κ2) is 6.98. The largest absolute Gasteiger partial charge is 0.324 e. The molecule has 0 aliphatic heterocycles. The molecule has 6 heteroatoms. The Morgan fingerprint density at radius 2 is 1.73 bits per heavy atom. The first-order valence-electron chi connectivity index (χ1n) is 8.17. The van der Waals surface area contributed by atoms with Crippen molar-refractivity contribution < 1.29 is 0 Å². The highest BCUT2D eigenvalue weighted by atomic mass is 35.5. The van der Waals surface area contributed by atoms with E-state index >= 15 is 0 Å². The molecule has 0 bridgehead atoms. The van der Waals surface area contributed by atoms with Gasteiger partial charge in [0, 0.05) is 22.5 Å². The molecule has 0 unspecified atom stereocenters. The fourth-order valence-corrected chi connectivity index (χ4v) is 2.85. The van der Waals surface area contributed by atoms with E-state index in [1.807, 2.05) is 78.5 Å². The quantitative estimate of drug-likeness (QED) is 0.553. The molecule has 26 heavy (non-hydrogen) atoms. The van der Waals surface area contributed by atoms with Crippen molar-refractivity contribution in [1.82, 2.24) is 19.7 Å². The summed E-state index contributed by atoms with van der Waals surface area (Å²) in [6.45, 7) is 2.03. The first kappa shape index (κ1) is 16.3. The lowest BCUT2D eigenvalue weighted by Gasteiger charge is -2.07. The van der Waals surface area contributed by atoms with Crippen molar-refractivity contribution in [3.05, 3.63) is 83.8 Å². The van der Waals surface area contributed by atoms with Gasteiger partial charge in [-0.3, -0.25) is 0 Å². The van der Waals surface area contributed by atoms with Crippen LogP contribution in [0.25, 0.3) is 16.9 Å². The van der Waals surface area contributed by atoms with Crippen LogP contribution in [-0.2, 0) is 0 Å². The number of hydrogen-bond acceptors (Lipinski definition) is 4. The predicted octanol–water partition coefficient (Wildman–Crippen LogP) is 5.03. The van der Waals surface area contributed by atoms with Gasteiger partial charge in [0.2, 0.25) is 5.95 Å². The number of halogens is 1. The van der Waals surface area contributed by atoms with Crippen LogP contribution >= 0.6 is 11.6 Å². The summed E-state index contributed by atoms with van der Waals surface area (Å²) in [4.78, 5) is 8.91. The smallest absolute Gasteiger partial charge is 0.227 e. The van der Waals surface area contributed by atoms with Crippen molar-refractivity contribution in [3.8, 4) is 16.9 Å². The highest BCUT2D eigenvalue weighted by Gasteiger charge is 2.12. The van der Waals surface area contributed by atoms with E-state index in [0.717, 1.165) is 28.3 Å². The van der Waals surface area contributed by atoms with Gasteiger partial charge in [0.25, 0.3) is 0 Å². The number of nitrogens with one attached hydrogen (secondary N) is 1. The van der Waals surface area contributed by atoms with Crippen molar-refractivity contribution in [2.75, 3.05) is 5.32 Å². The fraction of sp³-hybridized carbons (Fsp3) is 0.0500. The number of hydrogen-bond donors (Lipinski definition) is 1. The van der Waals surface area contributed by atoms with Crippen molar-refractivity contribution >= 4 is 23.2 Å². The molecule has 0 saturated heterocycles. The van der Waals surface area contributed by atoms with Crippen LogP contribution in [0.4, 0.5) is 11.6 Å². The van der Waals surface area contributed by atoms with Crippen molar-refractivity contribution in [2.24, 2.45) is 0 Å². The highest BCUT2D eigenvalue weighted by molar-refractivity contribution is 6.30. The van der Waals surface area contributed by atoms with Crippen LogP contribution in [0.2, 0.25) is 5.02 Å². The van der Waals surface area contributed by atoms with Gasteiger partial charge in [-0.15, -0.1) is 0 Å². The summed E-state index contributed by atoms with van der Waals surface area (Å²) in [5, 5.41) is 8.39. The Kier molecular flexibility index (Phi) is 4.37. The Morgan fingerprint density at radius 1 is 0.962 bits per heavy atom. The maximum atomic E-state index is 5.92. The molecule has 128 valence electrons. The Morgan fingerprint density at radius 3 is 2.50 bits per heavy atom. The summed E-state index contributed by atoms with van der Waals surface area (Å²) in [5.74, 6) is 0.525. The summed E-state index contributed by atoms with van der Waals surface area (Å²) in [5.41, 5.74) is 4.70. The minimum atomic E-state index is 0.525. The van der Waals surface area contributed by atoms with Crippen LogP contribution in [-0.4, -0.2) is 19.7 Å². The summed E-state index contributed by atoms with van der Waals surface area (Å²) < 4.78 is 1.91. The average molecular weight is 362 g/mol. The topological polar surface area (TPSA) is 55.6 Å². The van der Waals surface area contributed by atoms with Crippen LogP contribution in [0, 0.1) is 6.92 Å². The van der Waals surface area contributed by atoms with Gasteiger partial charge in [-0.25, -0.2) is 14.6 Å². The Bertz CT molecular complexity index is 1030. The molecule has 0 radical (unpaired) electrons. The first-order valence-corrected chi connectivity index (χ1v) is 8.54. The third-order valence-electron chi connectivity index (χ3n) is 4.04. The third kappa shape index (κ3) is 3.30. The molecule has 0 saturated carbocycles.